The quantitative estimate of drug-likeness (QED) is 0.0884. The number of aromatic nitrogens is 6. The smallest absolute Gasteiger partial charge is 0.182 e. The van der Waals surface area contributed by atoms with E-state index in [1.807, 2.05) is 10.9 Å². The van der Waals surface area contributed by atoms with Gasteiger partial charge in [-0.25, -0.2) is 9.67 Å². The topological polar surface area (TPSA) is 85.5 Å². The van der Waals surface area contributed by atoms with E-state index in [0.29, 0.717) is 42.0 Å². The van der Waals surface area contributed by atoms with Crippen molar-refractivity contribution in [1.82, 2.24) is 35.1 Å². The summed E-state index contributed by atoms with van der Waals surface area (Å²) in [6, 6.07) is 88.1. The molecule has 1 fully saturated rings. The molecule has 0 saturated heterocycles. The Morgan fingerprint density at radius 1 is 0.539 bits per heavy atom. The van der Waals surface area contributed by atoms with E-state index in [0.717, 1.165) is 75.8 Å². The standard InChI is InChI=1S/C68H60N8/c1-9-25-51(26-10-1)49-75-50-54(48-70-75)62(45-46-69-61-43-41-53(42-44-61)52-27-11-2-12-28-52)63-47-64(72-67(55-29-13-3-14-30-55,56-31-15-4-16-32-56)57-33-17-5-18-34-57)71-66-65(63)73-74-76(66)68(58-35-19-6-20-36-58,59-37-21-7-22-38-59)60-39-23-8-24-40-60/h1-40,45,47-48,50,53,61,69H,41-44,46,49H2,(H,71,72)/b62-45-. The first-order chi connectivity index (χ1) is 37.7. The lowest BCUT2D eigenvalue weighted by molar-refractivity contribution is 0.351. The summed E-state index contributed by atoms with van der Waals surface area (Å²) in [5.41, 5.74) is 11.2. The minimum atomic E-state index is -0.999. The van der Waals surface area contributed by atoms with Crippen LogP contribution >= 0.6 is 0 Å². The summed E-state index contributed by atoms with van der Waals surface area (Å²) in [6.45, 7) is 1.28. The monoisotopic (exact) mass is 988 g/mol. The molecule has 2 N–H and O–H groups in total. The number of anilines is 1. The lowest BCUT2D eigenvalue weighted by Gasteiger charge is -2.38. The van der Waals surface area contributed by atoms with E-state index in [1.54, 1.807) is 0 Å². The van der Waals surface area contributed by atoms with Gasteiger partial charge < -0.3 is 10.6 Å². The molecule has 8 nitrogen and oxygen atoms in total. The fourth-order valence-corrected chi connectivity index (χ4v) is 11.7. The third-order valence-electron chi connectivity index (χ3n) is 15.4. The molecule has 0 spiro atoms. The number of nitrogens with zero attached hydrogens (tertiary/aromatic N) is 6. The van der Waals surface area contributed by atoms with Crippen LogP contribution in [0.1, 0.15) is 87.2 Å². The van der Waals surface area contributed by atoms with Crippen LogP contribution in [0, 0.1) is 0 Å². The number of fused-ring (bicyclic) bond motifs is 1. The van der Waals surface area contributed by atoms with Gasteiger partial charge in [-0.05, 0) is 87.7 Å². The van der Waals surface area contributed by atoms with Gasteiger partial charge in [-0.1, -0.05) is 254 Å². The lowest BCUT2D eigenvalue weighted by atomic mass is 9.77. The normalized spacial score (nSPS) is 15.1. The van der Waals surface area contributed by atoms with Crippen LogP contribution in [-0.4, -0.2) is 42.3 Å². The van der Waals surface area contributed by atoms with Crippen molar-refractivity contribution in [3.8, 4) is 0 Å². The van der Waals surface area contributed by atoms with Gasteiger partial charge in [0, 0.05) is 29.9 Å². The number of benzene rings is 8. The second-order valence-electron chi connectivity index (χ2n) is 19.9. The summed E-state index contributed by atoms with van der Waals surface area (Å²) < 4.78 is 4.09. The van der Waals surface area contributed by atoms with Gasteiger partial charge in [-0.3, -0.25) is 4.68 Å². The number of hydrogen-bond donors (Lipinski definition) is 2. The third kappa shape index (κ3) is 9.44. The zero-order chi connectivity index (χ0) is 51.0. The maximum absolute atomic E-state index is 5.79. The summed E-state index contributed by atoms with van der Waals surface area (Å²) in [5, 5.41) is 23.8. The van der Waals surface area contributed by atoms with Gasteiger partial charge in [0.15, 0.2) is 5.65 Å². The van der Waals surface area contributed by atoms with E-state index in [9.17, 15) is 0 Å². The molecule has 0 aliphatic heterocycles. The van der Waals surface area contributed by atoms with E-state index in [2.05, 4.69) is 276 Å². The first-order valence-corrected chi connectivity index (χ1v) is 26.6. The Bertz CT molecular complexity index is 3440. The molecule has 3 aromatic heterocycles. The molecular weight excluding hydrogens is 929 g/mol. The molecule has 0 unspecified atom stereocenters. The molecule has 1 aliphatic carbocycles. The summed E-state index contributed by atoms with van der Waals surface area (Å²) >= 11 is 0. The zero-order valence-electron chi connectivity index (χ0n) is 42.5. The molecule has 3 heterocycles. The number of pyridine rings is 1. The Balaban J connectivity index is 1.09. The van der Waals surface area contributed by atoms with Crippen molar-refractivity contribution in [2.45, 2.75) is 55.3 Å². The van der Waals surface area contributed by atoms with Gasteiger partial charge in [-0.2, -0.15) is 5.10 Å². The van der Waals surface area contributed by atoms with Crippen molar-refractivity contribution >= 4 is 22.6 Å². The van der Waals surface area contributed by atoms with E-state index >= 15 is 0 Å². The second kappa shape index (κ2) is 21.9. The predicted octanol–water partition coefficient (Wildman–Crippen LogP) is 14.1. The molecule has 76 heavy (non-hydrogen) atoms. The molecule has 0 amide bonds. The third-order valence-corrected chi connectivity index (χ3v) is 15.4. The van der Waals surface area contributed by atoms with Crippen molar-refractivity contribution in [2.24, 2.45) is 0 Å². The van der Waals surface area contributed by atoms with Gasteiger partial charge >= 0.3 is 0 Å². The van der Waals surface area contributed by atoms with E-state index in [4.69, 9.17) is 20.4 Å². The zero-order valence-corrected chi connectivity index (χ0v) is 42.5. The Morgan fingerprint density at radius 3 is 1.50 bits per heavy atom. The Morgan fingerprint density at radius 2 is 1.00 bits per heavy atom. The second-order valence-corrected chi connectivity index (χ2v) is 19.9. The summed E-state index contributed by atoms with van der Waals surface area (Å²) in [6.07, 6.45) is 11.0. The van der Waals surface area contributed by atoms with Gasteiger partial charge in [-0.15, -0.1) is 5.10 Å². The highest BCUT2D eigenvalue weighted by Gasteiger charge is 2.43. The number of hydrogen-bond acceptors (Lipinski definition) is 6. The summed E-state index contributed by atoms with van der Waals surface area (Å²) in [4.78, 5) is 5.79. The van der Waals surface area contributed by atoms with Crippen molar-refractivity contribution in [2.75, 3.05) is 11.9 Å². The molecule has 8 heteroatoms. The minimum absolute atomic E-state index is 0.389. The van der Waals surface area contributed by atoms with E-state index in [1.165, 1.54) is 11.1 Å². The van der Waals surface area contributed by atoms with Crippen LogP contribution in [0.3, 0.4) is 0 Å². The van der Waals surface area contributed by atoms with Gasteiger partial charge in [0.1, 0.15) is 22.4 Å². The van der Waals surface area contributed by atoms with Crippen molar-refractivity contribution in [1.29, 1.82) is 0 Å². The molecule has 12 rings (SSSR count). The maximum atomic E-state index is 5.79. The average molecular weight is 989 g/mol. The highest BCUT2D eigenvalue weighted by molar-refractivity contribution is 5.94. The number of nitrogens with one attached hydrogen (secondary N) is 2. The Labute approximate surface area is 445 Å². The van der Waals surface area contributed by atoms with Gasteiger partial charge in [0.25, 0.3) is 0 Å². The highest BCUT2D eigenvalue weighted by atomic mass is 15.5. The van der Waals surface area contributed by atoms with Crippen LogP contribution in [0.2, 0.25) is 0 Å². The molecule has 11 aromatic rings. The van der Waals surface area contributed by atoms with Crippen LogP contribution in [0.4, 0.5) is 5.82 Å². The fourth-order valence-electron chi connectivity index (χ4n) is 11.7. The van der Waals surface area contributed by atoms with Crippen LogP contribution in [0.15, 0.2) is 267 Å². The van der Waals surface area contributed by atoms with E-state index < -0.39 is 11.1 Å². The Kier molecular flexibility index (Phi) is 13.8. The molecule has 8 aromatic carbocycles. The summed E-state index contributed by atoms with van der Waals surface area (Å²) in [7, 11) is 0. The molecule has 1 saturated carbocycles. The van der Waals surface area contributed by atoms with Crippen molar-refractivity contribution < 1.29 is 0 Å². The molecular formula is C68H60N8. The summed E-state index contributed by atoms with van der Waals surface area (Å²) in [5.74, 6) is 1.24. The van der Waals surface area contributed by atoms with Gasteiger partial charge in [0.2, 0.25) is 0 Å². The molecule has 0 bridgehead atoms. The molecule has 0 atom stereocenters. The minimum Gasteiger partial charge on any atom is -0.353 e. The first kappa shape index (κ1) is 48.0. The van der Waals surface area contributed by atoms with Crippen LogP contribution in [0.25, 0.3) is 16.7 Å². The van der Waals surface area contributed by atoms with E-state index in [-0.39, 0.29) is 0 Å². The maximum Gasteiger partial charge on any atom is 0.182 e. The van der Waals surface area contributed by atoms with Crippen molar-refractivity contribution in [3.63, 3.8) is 0 Å². The Hall–Kier alpha value is -8.98. The van der Waals surface area contributed by atoms with Gasteiger partial charge in [0.05, 0.1) is 12.7 Å². The molecule has 372 valence electrons. The largest absolute Gasteiger partial charge is 0.353 e. The SMILES string of the molecule is C(/CNC1CCC(c2ccccc2)CC1)=C(\c1cnn(Cc2ccccc2)c1)c1cc(NC(c2ccccc2)(c2ccccc2)c2ccccc2)nc2c1nnn2C(c1ccccc1)(c1ccccc1)c1ccccc1. The van der Waals surface area contributed by atoms with Crippen LogP contribution in [0.5, 0.6) is 0 Å². The molecule has 0 radical (unpaired) electrons. The number of rotatable bonds is 17. The fraction of sp³-hybridized carbons (Fsp3) is 0.147. The van der Waals surface area contributed by atoms with Crippen molar-refractivity contribution in [3.05, 3.63) is 323 Å². The average Bonchev–Trinajstić information content (AvgIpc) is 4.28. The lowest BCUT2D eigenvalue weighted by Crippen LogP contribution is -2.39. The first-order valence-electron chi connectivity index (χ1n) is 26.6. The molecule has 1 aliphatic rings. The predicted molar refractivity (Wildman–Crippen MR) is 307 cm³/mol. The highest BCUT2D eigenvalue weighted by Crippen LogP contribution is 2.45. The van der Waals surface area contributed by atoms with Crippen LogP contribution in [-0.2, 0) is 17.6 Å². The van der Waals surface area contributed by atoms with Crippen LogP contribution < -0.4 is 10.6 Å².